The summed E-state index contributed by atoms with van der Waals surface area (Å²) in [5.74, 6) is 0. The third-order valence-corrected chi connectivity index (χ3v) is 3.68. The molecule has 0 spiro atoms. The van der Waals surface area contributed by atoms with Crippen LogP contribution >= 0.6 is 23.2 Å². The van der Waals surface area contributed by atoms with Crippen LogP contribution in [0.15, 0.2) is 48.5 Å². The van der Waals surface area contributed by atoms with Crippen molar-refractivity contribution in [3.63, 3.8) is 0 Å². The van der Waals surface area contributed by atoms with Crippen LogP contribution in [0.4, 0.5) is 11.4 Å². The first-order valence-electron chi connectivity index (χ1n) is 6.12. The maximum Gasteiger partial charge on any atom is 0.244 e. The van der Waals surface area contributed by atoms with Crippen molar-refractivity contribution in [1.82, 2.24) is 0 Å². The zero-order valence-electron chi connectivity index (χ0n) is 10.6. The number of benzene rings is 2. The molecule has 0 saturated heterocycles. The molecule has 5 heteroatoms. The summed E-state index contributed by atoms with van der Waals surface area (Å²) in [4.78, 5) is 2.21. The van der Waals surface area contributed by atoms with E-state index in [1.54, 1.807) is 0 Å². The number of rotatable bonds is 2. The molecule has 0 unspecified atom stereocenters. The summed E-state index contributed by atoms with van der Waals surface area (Å²) < 4.78 is 2.21. The highest BCUT2D eigenvalue weighted by Crippen LogP contribution is 2.21. The molecule has 1 heterocycles. The molecule has 0 saturated carbocycles. The molecule has 0 fully saturated rings. The van der Waals surface area contributed by atoms with Gasteiger partial charge in [0.05, 0.1) is 0 Å². The van der Waals surface area contributed by atoms with Gasteiger partial charge in [-0.3, -0.25) is 0 Å². The Bertz CT molecular complexity index is 609. The fourth-order valence-corrected chi connectivity index (χ4v) is 2.41. The molecule has 20 heavy (non-hydrogen) atoms. The van der Waals surface area contributed by atoms with E-state index in [2.05, 4.69) is 15.8 Å². The lowest BCUT2D eigenvalue weighted by Gasteiger charge is -2.05. The largest absolute Gasteiger partial charge is 1.00 e. The molecule has 104 valence electrons. The van der Waals surface area contributed by atoms with Gasteiger partial charge in [-0.2, -0.15) is 0 Å². The molecule has 1 aliphatic rings. The highest BCUT2D eigenvalue weighted by atomic mass is 127. The van der Waals surface area contributed by atoms with Crippen LogP contribution in [-0.2, 0) is 0 Å². The van der Waals surface area contributed by atoms with Gasteiger partial charge in [0.2, 0.25) is 6.34 Å². The average molecular weight is 419 g/mol. The molecule has 0 radical (unpaired) electrons. The summed E-state index contributed by atoms with van der Waals surface area (Å²) in [5.41, 5.74) is 2.31. The van der Waals surface area contributed by atoms with Gasteiger partial charge in [-0.15, -0.1) is 0 Å². The smallest absolute Gasteiger partial charge is 0.244 e. The minimum absolute atomic E-state index is 0. The molecular formula is C15H13Cl2IN2. The molecule has 0 amide bonds. The molecule has 0 aromatic heterocycles. The summed E-state index contributed by atoms with van der Waals surface area (Å²) in [6.07, 6.45) is 2.12. The van der Waals surface area contributed by atoms with Crippen LogP contribution in [0.2, 0.25) is 10.0 Å². The van der Waals surface area contributed by atoms with E-state index < -0.39 is 0 Å². The first kappa shape index (κ1) is 15.6. The monoisotopic (exact) mass is 418 g/mol. The Morgan fingerprint density at radius 3 is 2.00 bits per heavy atom. The van der Waals surface area contributed by atoms with Gasteiger partial charge >= 0.3 is 0 Å². The van der Waals surface area contributed by atoms with Crippen molar-refractivity contribution < 1.29 is 28.6 Å². The van der Waals surface area contributed by atoms with Crippen LogP contribution in [0.1, 0.15) is 0 Å². The van der Waals surface area contributed by atoms with Crippen LogP contribution in [0.25, 0.3) is 0 Å². The quantitative estimate of drug-likeness (QED) is 0.524. The molecule has 2 aromatic carbocycles. The Morgan fingerprint density at radius 2 is 1.40 bits per heavy atom. The summed E-state index contributed by atoms with van der Waals surface area (Å²) in [7, 11) is 0. The minimum atomic E-state index is 0. The fraction of sp³-hybridized carbons (Fsp3) is 0.133. The van der Waals surface area contributed by atoms with Crippen molar-refractivity contribution >= 4 is 40.9 Å². The third-order valence-electron chi connectivity index (χ3n) is 3.18. The summed E-state index contributed by atoms with van der Waals surface area (Å²) in [5, 5.41) is 1.52. The lowest BCUT2D eigenvalue weighted by atomic mass is 10.3. The van der Waals surface area contributed by atoms with Crippen molar-refractivity contribution in [2.24, 2.45) is 0 Å². The van der Waals surface area contributed by atoms with E-state index in [0.29, 0.717) is 0 Å². The Kier molecular flexibility index (Phi) is 5.29. The van der Waals surface area contributed by atoms with E-state index in [4.69, 9.17) is 23.2 Å². The number of nitrogens with zero attached hydrogens (tertiary/aromatic N) is 2. The average Bonchev–Trinajstić information content (AvgIpc) is 2.90. The Balaban J connectivity index is 0.00000147. The summed E-state index contributed by atoms with van der Waals surface area (Å²) in [6, 6.07) is 15.8. The molecule has 0 N–H and O–H groups in total. The molecule has 0 bridgehead atoms. The van der Waals surface area contributed by atoms with E-state index >= 15 is 0 Å². The van der Waals surface area contributed by atoms with E-state index in [1.165, 1.54) is 0 Å². The molecule has 1 aliphatic heterocycles. The molecule has 2 nitrogen and oxygen atoms in total. The second-order valence-electron chi connectivity index (χ2n) is 4.46. The Hall–Kier alpha value is -0.780. The molecule has 3 rings (SSSR count). The predicted molar refractivity (Wildman–Crippen MR) is 81.1 cm³/mol. The van der Waals surface area contributed by atoms with Gasteiger partial charge in [0.1, 0.15) is 24.5 Å². The van der Waals surface area contributed by atoms with Crippen molar-refractivity contribution in [2.75, 3.05) is 18.0 Å². The lowest BCUT2D eigenvalue weighted by Crippen LogP contribution is -3.00. The highest BCUT2D eigenvalue weighted by molar-refractivity contribution is 6.30. The standard InChI is InChI=1S/C15H13Cl2N2.HI/c16-12-1-5-14(6-2-12)18-9-10-19(11-18)15-7-3-13(17)4-8-15;/h1-8,11H,9-10H2;1H/q+1;/p-1. The number of hydrogen-bond acceptors (Lipinski definition) is 1. The zero-order chi connectivity index (χ0) is 13.2. The van der Waals surface area contributed by atoms with Crippen LogP contribution in [0, 0.1) is 0 Å². The minimum Gasteiger partial charge on any atom is -1.00 e. The van der Waals surface area contributed by atoms with Gasteiger partial charge in [0, 0.05) is 10.0 Å². The van der Waals surface area contributed by atoms with Crippen molar-refractivity contribution in [1.29, 1.82) is 0 Å². The zero-order valence-corrected chi connectivity index (χ0v) is 14.3. The predicted octanol–water partition coefficient (Wildman–Crippen LogP) is 1.19. The van der Waals surface area contributed by atoms with Gasteiger partial charge in [-0.25, -0.2) is 9.48 Å². The number of halogens is 3. The van der Waals surface area contributed by atoms with Crippen molar-refractivity contribution in [3.8, 4) is 0 Å². The normalized spacial score (nSPS) is 13.9. The fourth-order valence-electron chi connectivity index (χ4n) is 2.16. The topological polar surface area (TPSA) is 6.25 Å². The maximum atomic E-state index is 5.91. The first-order chi connectivity index (χ1) is 9.22. The van der Waals surface area contributed by atoms with Gasteiger partial charge in [0.25, 0.3) is 0 Å². The van der Waals surface area contributed by atoms with Gasteiger partial charge in [-0.05, 0) is 48.5 Å². The van der Waals surface area contributed by atoms with Crippen LogP contribution in [0.3, 0.4) is 0 Å². The van der Waals surface area contributed by atoms with E-state index in [9.17, 15) is 0 Å². The first-order valence-corrected chi connectivity index (χ1v) is 6.87. The van der Waals surface area contributed by atoms with Crippen LogP contribution in [0.5, 0.6) is 0 Å². The molecule has 2 aromatic rings. The second kappa shape index (κ2) is 6.78. The Morgan fingerprint density at radius 1 is 0.850 bits per heavy atom. The second-order valence-corrected chi connectivity index (χ2v) is 5.33. The number of anilines is 1. The SMILES string of the molecule is Clc1ccc(N2C=[N+](c3ccc(Cl)cc3)CC2)cc1.[I-]. The van der Waals surface area contributed by atoms with Crippen molar-refractivity contribution in [2.45, 2.75) is 0 Å². The highest BCUT2D eigenvalue weighted by Gasteiger charge is 2.22. The summed E-state index contributed by atoms with van der Waals surface area (Å²) in [6.45, 7) is 1.93. The van der Waals surface area contributed by atoms with Gasteiger partial charge in [-0.1, -0.05) is 23.2 Å². The summed E-state index contributed by atoms with van der Waals surface area (Å²) >= 11 is 11.8. The number of hydrogen-bond donors (Lipinski definition) is 0. The van der Waals surface area contributed by atoms with Gasteiger partial charge < -0.3 is 24.0 Å². The van der Waals surface area contributed by atoms with Crippen molar-refractivity contribution in [3.05, 3.63) is 58.6 Å². The molecular weight excluding hydrogens is 406 g/mol. The van der Waals surface area contributed by atoms with Crippen LogP contribution in [-0.4, -0.2) is 24.0 Å². The third kappa shape index (κ3) is 3.45. The lowest BCUT2D eigenvalue weighted by molar-refractivity contribution is -0.424. The molecule has 0 aliphatic carbocycles. The van der Waals surface area contributed by atoms with Crippen LogP contribution < -0.4 is 28.9 Å². The van der Waals surface area contributed by atoms with Gasteiger partial charge in [0.15, 0.2) is 0 Å². The maximum absolute atomic E-state index is 5.91. The van der Waals surface area contributed by atoms with E-state index in [0.717, 1.165) is 34.5 Å². The Labute approximate surface area is 145 Å². The molecule has 0 atom stereocenters. The van der Waals surface area contributed by atoms with E-state index in [-0.39, 0.29) is 24.0 Å². The van der Waals surface area contributed by atoms with E-state index in [1.807, 2.05) is 48.5 Å².